The van der Waals surface area contributed by atoms with Crippen LogP contribution in [0.3, 0.4) is 0 Å². The van der Waals surface area contributed by atoms with Gasteiger partial charge in [-0.15, -0.1) is 0 Å². The van der Waals surface area contributed by atoms with Gasteiger partial charge in [0.25, 0.3) is 5.91 Å². The van der Waals surface area contributed by atoms with Crippen molar-refractivity contribution in [1.29, 1.82) is 0 Å². The number of hydrogen-bond donors (Lipinski definition) is 1. The van der Waals surface area contributed by atoms with Crippen LogP contribution in [-0.4, -0.2) is 17.4 Å². The van der Waals surface area contributed by atoms with Crippen LogP contribution in [0.5, 0.6) is 0 Å². The highest BCUT2D eigenvalue weighted by molar-refractivity contribution is 5.92. The van der Waals surface area contributed by atoms with E-state index in [9.17, 15) is 18.0 Å². The Labute approximate surface area is 147 Å². The molecule has 1 heterocycles. The summed E-state index contributed by atoms with van der Waals surface area (Å²) in [5.74, 6) is -0.310. The molecule has 0 atom stereocenters. The zero-order valence-electron chi connectivity index (χ0n) is 13.6. The van der Waals surface area contributed by atoms with Crippen LogP contribution in [0.4, 0.5) is 13.2 Å². The van der Waals surface area contributed by atoms with Crippen LogP contribution in [0, 0.1) is 0 Å². The molecule has 7 heteroatoms. The lowest BCUT2D eigenvalue weighted by atomic mass is 10.1. The minimum Gasteiger partial charge on any atom is -0.444 e. The maximum atomic E-state index is 12.6. The number of benzene rings is 2. The summed E-state index contributed by atoms with van der Waals surface area (Å²) in [5, 5.41) is 2.73. The van der Waals surface area contributed by atoms with Gasteiger partial charge in [0.1, 0.15) is 6.26 Å². The Morgan fingerprint density at radius 3 is 2.38 bits per heavy atom. The number of alkyl halides is 3. The summed E-state index contributed by atoms with van der Waals surface area (Å²) in [4.78, 5) is 16.1. The van der Waals surface area contributed by atoms with E-state index >= 15 is 0 Å². The molecule has 1 aromatic heterocycles. The number of oxazole rings is 1. The van der Waals surface area contributed by atoms with E-state index in [0.29, 0.717) is 18.5 Å². The number of carbonyl (C=O) groups is 1. The van der Waals surface area contributed by atoms with E-state index in [-0.39, 0.29) is 11.6 Å². The molecular formula is C19H15F3N2O2. The summed E-state index contributed by atoms with van der Waals surface area (Å²) in [6.07, 6.45) is -2.54. The zero-order chi connectivity index (χ0) is 18.6. The van der Waals surface area contributed by atoms with Gasteiger partial charge in [-0.3, -0.25) is 4.79 Å². The van der Waals surface area contributed by atoms with Crippen LogP contribution in [-0.2, 0) is 12.6 Å². The lowest BCUT2D eigenvalue weighted by molar-refractivity contribution is -0.137. The molecule has 0 aliphatic rings. The third kappa shape index (κ3) is 4.30. The summed E-state index contributed by atoms with van der Waals surface area (Å²) in [6.45, 7) is 0.436. The molecule has 2 aromatic carbocycles. The quantitative estimate of drug-likeness (QED) is 0.737. The lowest BCUT2D eigenvalue weighted by Crippen LogP contribution is -2.25. The topological polar surface area (TPSA) is 55.1 Å². The third-order valence-electron chi connectivity index (χ3n) is 3.74. The van der Waals surface area contributed by atoms with Crippen LogP contribution >= 0.6 is 0 Å². The zero-order valence-corrected chi connectivity index (χ0v) is 13.6. The van der Waals surface area contributed by atoms with Gasteiger partial charge in [-0.25, -0.2) is 4.98 Å². The molecule has 3 rings (SSSR count). The monoisotopic (exact) mass is 360 g/mol. The van der Waals surface area contributed by atoms with Crippen molar-refractivity contribution in [3.05, 3.63) is 77.7 Å². The van der Waals surface area contributed by atoms with Gasteiger partial charge in [-0.2, -0.15) is 13.2 Å². The Balaban J connectivity index is 1.61. The van der Waals surface area contributed by atoms with Crippen LogP contribution in [0.1, 0.15) is 21.6 Å². The van der Waals surface area contributed by atoms with Crippen molar-refractivity contribution >= 4 is 5.91 Å². The molecule has 0 saturated carbocycles. The molecule has 3 aromatic rings. The van der Waals surface area contributed by atoms with Gasteiger partial charge >= 0.3 is 6.18 Å². The number of nitrogens with one attached hydrogen (secondary N) is 1. The summed E-state index contributed by atoms with van der Waals surface area (Å²) >= 11 is 0. The van der Waals surface area contributed by atoms with Crippen molar-refractivity contribution < 1.29 is 22.4 Å². The molecule has 0 radical (unpaired) electrons. The van der Waals surface area contributed by atoms with E-state index in [2.05, 4.69) is 10.3 Å². The van der Waals surface area contributed by atoms with E-state index in [0.717, 1.165) is 17.7 Å². The fourth-order valence-corrected chi connectivity index (χ4v) is 2.37. The maximum Gasteiger partial charge on any atom is 0.416 e. The Kier molecular flexibility index (Phi) is 5.06. The first-order valence-electron chi connectivity index (χ1n) is 7.89. The molecule has 4 nitrogen and oxygen atoms in total. The van der Waals surface area contributed by atoms with E-state index < -0.39 is 17.6 Å². The first-order valence-corrected chi connectivity index (χ1v) is 7.89. The van der Waals surface area contributed by atoms with Crippen molar-refractivity contribution in [3.8, 4) is 11.5 Å². The highest BCUT2D eigenvalue weighted by Crippen LogP contribution is 2.30. The largest absolute Gasteiger partial charge is 0.444 e. The number of nitrogens with zero attached hydrogens (tertiary/aromatic N) is 1. The van der Waals surface area contributed by atoms with E-state index in [4.69, 9.17) is 4.42 Å². The van der Waals surface area contributed by atoms with Gasteiger partial charge in [0.15, 0.2) is 5.69 Å². The van der Waals surface area contributed by atoms with Crippen molar-refractivity contribution in [1.82, 2.24) is 10.3 Å². The van der Waals surface area contributed by atoms with Crippen LogP contribution in [0.2, 0.25) is 0 Å². The number of carbonyl (C=O) groups excluding carboxylic acids is 1. The van der Waals surface area contributed by atoms with Crippen molar-refractivity contribution in [2.24, 2.45) is 0 Å². The minimum absolute atomic E-state index is 0.0768. The van der Waals surface area contributed by atoms with Gasteiger partial charge in [-0.1, -0.05) is 30.3 Å². The molecular weight excluding hydrogens is 345 g/mol. The fourth-order valence-electron chi connectivity index (χ4n) is 2.37. The first-order chi connectivity index (χ1) is 12.4. The van der Waals surface area contributed by atoms with Gasteiger partial charge in [0.05, 0.1) is 5.56 Å². The van der Waals surface area contributed by atoms with E-state index in [1.165, 1.54) is 18.4 Å². The molecule has 1 amide bonds. The number of aromatic nitrogens is 1. The Morgan fingerprint density at radius 2 is 1.73 bits per heavy atom. The SMILES string of the molecule is O=C(NCCc1ccccc1)c1coc(-c2ccc(C(F)(F)F)cc2)n1. The fraction of sp³-hybridized carbons (Fsp3) is 0.158. The minimum atomic E-state index is -4.40. The number of halogens is 3. The summed E-state index contributed by atoms with van der Waals surface area (Å²) in [5.41, 5.74) is 0.777. The highest BCUT2D eigenvalue weighted by Gasteiger charge is 2.30. The number of amides is 1. The maximum absolute atomic E-state index is 12.6. The Morgan fingerprint density at radius 1 is 1.04 bits per heavy atom. The average molecular weight is 360 g/mol. The summed E-state index contributed by atoms with van der Waals surface area (Å²) in [7, 11) is 0. The predicted octanol–water partition coefficient (Wildman–Crippen LogP) is 4.33. The molecule has 0 aliphatic carbocycles. The third-order valence-corrected chi connectivity index (χ3v) is 3.74. The molecule has 1 N–H and O–H groups in total. The van der Waals surface area contributed by atoms with E-state index in [1.54, 1.807) is 0 Å². The van der Waals surface area contributed by atoms with Gasteiger partial charge in [-0.05, 0) is 36.2 Å². The second-order valence-corrected chi connectivity index (χ2v) is 5.60. The normalized spacial score (nSPS) is 11.3. The lowest BCUT2D eigenvalue weighted by Gasteiger charge is -2.06. The van der Waals surface area contributed by atoms with Crippen molar-refractivity contribution in [2.75, 3.05) is 6.54 Å². The Hall–Kier alpha value is -3.09. The van der Waals surface area contributed by atoms with Crippen LogP contribution < -0.4 is 5.32 Å². The van der Waals surface area contributed by atoms with Gasteiger partial charge in [0, 0.05) is 12.1 Å². The van der Waals surface area contributed by atoms with Crippen LogP contribution in [0.15, 0.2) is 65.3 Å². The molecule has 0 aliphatic heterocycles. The second-order valence-electron chi connectivity index (χ2n) is 5.60. The highest BCUT2D eigenvalue weighted by atomic mass is 19.4. The standard InChI is InChI=1S/C19H15F3N2O2/c20-19(21,22)15-8-6-14(7-9-15)18-24-16(12-26-18)17(25)23-11-10-13-4-2-1-3-5-13/h1-9,12H,10-11H2,(H,23,25). The van der Waals surface area contributed by atoms with Gasteiger partial charge in [0.2, 0.25) is 5.89 Å². The molecule has 0 fully saturated rings. The molecule has 26 heavy (non-hydrogen) atoms. The number of rotatable bonds is 5. The number of hydrogen-bond acceptors (Lipinski definition) is 3. The molecule has 0 spiro atoms. The summed E-state index contributed by atoms with van der Waals surface area (Å²) < 4.78 is 43.0. The Bertz CT molecular complexity index is 872. The average Bonchev–Trinajstić information content (AvgIpc) is 3.12. The first kappa shape index (κ1) is 17.7. The molecule has 0 saturated heterocycles. The van der Waals surface area contributed by atoms with Crippen molar-refractivity contribution in [3.63, 3.8) is 0 Å². The second kappa shape index (κ2) is 7.43. The molecule has 0 unspecified atom stereocenters. The van der Waals surface area contributed by atoms with E-state index in [1.807, 2.05) is 30.3 Å². The molecule has 134 valence electrons. The van der Waals surface area contributed by atoms with Crippen LogP contribution in [0.25, 0.3) is 11.5 Å². The van der Waals surface area contributed by atoms with Crippen molar-refractivity contribution in [2.45, 2.75) is 12.6 Å². The van der Waals surface area contributed by atoms with Gasteiger partial charge < -0.3 is 9.73 Å². The summed E-state index contributed by atoms with van der Waals surface area (Å²) in [6, 6.07) is 14.1. The smallest absolute Gasteiger partial charge is 0.416 e. The predicted molar refractivity (Wildman–Crippen MR) is 89.4 cm³/mol. The molecule has 0 bridgehead atoms.